The van der Waals surface area contributed by atoms with Crippen molar-refractivity contribution in [2.75, 3.05) is 13.6 Å². The van der Waals surface area contributed by atoms with Crippen LogP contribution in [0.2, 0.25) is 0 Å². The molecule has 0 spiro atoms. The minimum atomic E-state index is -0.206. The molecule has 0 radical (unpaired) electrons. The monoisotopic (exact) mass is 364 g/mol. The normalized spacial score (nSPS) is 12.4. The van der Waals surface area contributed by atoms with Gasteiger partial charge in [-0.05, 0) is 99.6 Å². The molecule has 3 rings (SSSR count). The molecule has 0 saturated carbocycles. The standard InChI is InChI=1S/C24H29FN2/c1-5-18(12-13-26-4)6-11-21-22-15-16(2)14-17(3)23(22)27-24(21)19-7-9-20(25)10-8-19/h5,7-10,14-15,18,26-27H,1,6,11-13H2,2-4H3. The van der Waals surface area contributed by atoms with E-state index in [0.717, 1.165) is 37.1 Å². The summed E-state index contributed by atoms with van der Waals surface area (Å²) in [7, 11) is 1.98. The van der Waals surface area contributed by atoms with Gasteiger partial charge in [0.25, 0.3) is 0 Å². The molecule has 1 aromatic heterocycles. The van der Waals surface area contributed by atoms with Crippen LogP contribution < -0.4 is 5.32 Å². The number of aromatic amines is 1. The van der Waals surface area contributed by atoms with Gasteiger partial charge in [-0.3, -0.25) is 0 Å². The predicted octanol–water partition coefficient (Wildman–Crippen LogP) is 5.94. The Morgan fingerprint density at radius 1 is 1.15 bits per heavy atom. The van der Waals surface area contributed by atoms with Crippen molar-refractivity contribution < 1.29 is 4.39 Å². The van der Waals surface area contributed by atoms with E-state index in [9.17, 15) is 4.39 Å². The van der Waals surface area contributed by atoms with Crippen LogP contribution >= 0.6 is 0 Å². The van der Waals surface area contributed by atoms with Gasteiger partial charge in [-0.1, -0.05) is 17.7 Å². The summed E-state index contributed by atoms with van der Waals surface area (Å²) in [6.45, 7) is 9.29. The fourth-order valence-electron chi connectivity index (χ4n) is 3.87. The van der Waals surface area contributed by atoms with E-state index in [0.29, 0.717) is 5.92 Å². The summed E-state index contributed by atoms with van der Waals surface area (Å²) >= 11 is 0. The van der Waals surface area contributed by atoms with E-state index >= 15 is 0 Å². The summed E-state index contributed by atoms with van der Waals surface area (Å²) in [5.74, 6) is 0.275. The van der Waals surface area contributed by atoms with E-state index < -0.39 is 0 Å². The van der Waals surface area contributed by atoms with Crippen molar-refractivity contribution in [3.05, 3.63) is 71.6 Å². The molecule has 0 aliphatic rings. The van der Waals surface area contributed by atoms with Crippen LogP contribution in [0.3, 0.4) is 0 Å². The number of nitrogens with one attached hydrogen (secondary N) is 2. The molecule has 3 aromatic rings. The molecule has 27 heavy (non-hydrogen) atoms. The Bertz CT molecular complexity index is 922. The number of rotatable bonds is 8. The molecule has 0 aliphatic heterocycles. The van der Waals surface area contributed by atoms with Crippen LogP contribution in [0.15, 0.2) is 49.1 Å². The van der Waals surface area contributed by atoms with E-state index in [1.54, 1.807) is 0 Å². The largest absolute Gasteiger partial charge is 0.354 e. The second kappa shape index (κ2) is 8.53. The molecule has 142 valence electrons. The first-order valence-electron chi connectivity index (χ1n) is 9.68. The van der Waals surface area contributed by atoms with Crippen LogP contribution in [-0.4, -0.2) is 18.6 Å². The van der Waals surface area contributed by atoms with E-state index in [2.05, 4.69) is 48.9 Å². The van der Waals surface area contributed by atoms with Crippen molar-refractivity contribution >= 4 is 10.9 Å². The number of fused-ring (bicyclic) bond motifs is 1. The van der Waals surface area contributed by atoms with E-state index in [1.165, 1.54) is 39.7 Å². The van der Waals surface area contributed by atoms with Crippen molar-refractivity contribution in [1.82, 2.24) is 10.3 Å². The number of allylic oxidation sites excluding steroid dienone is 1. The molecular weight excluding hydrogens is 335 g/mol. The molecule has 3 heteroatoms. The number of aryl methyl sites for hydroxylation is 3. The smallest absolute Gasteiger partial charge is 0.123 e. The number of benzene rings is 2. The average Bonchev–Trinajstić information content (AvgIpc) is 3.01. The molecule has 0 amide bonds. The van der Waals surface area contributed by atoms with Crippen molar-refractivity contribution in [3.63, 3.8) is 0 Å². The molecule has 2 aromatic carbocycles. The zero-order valence-electron chi connectivity index (χ0n) is 16.5. The SMILES string of the molecule is C=CC(CCNC)CCc1c(-c2ccc(F)cc2)[nH]c2c(C)cc(C)cc12. The lowest BCUT2D eigenvalue weighted by atomic mass is 9.93. The molecule has 2 N–H and O–H groups in total. The Labute approximate surface area is 161 Å². The highest BCUT2D eigenvalue weighted by Gasteiger charge is 2.16. The highest BCUT2D eigenvalue weighted by atomic mass is 19.1. The van der Waals surface area contributed by atoms with Gasteiger partial charge in [-0.2, -0.15) is 0 Å². The minimum Gasteiger partial charge on any atom is -0.354 e. The number of halogens is 1. The van der Waals surface area contributed by atoms with Crippen molar-refractivity contribution in [1.29, 1.82) is 0 Å². The van der Waals surface area contributed by atoms with Gasteiger partial charge in [0.05, 0.1) is 0 Å². The maximum absolute atomic E-state index is 13.4. The van der Waals surface area contributed by atoms with E-state index in [1.807, 2.05) is 19.2 Å². The molecule has 0 aliphatic carbocycles. The van der Waals surface area contributed by atoms with Gasteiger partial charge >= 0.3 is 0 Å². The lowest BCUT2D eigenvalue weighted by Gasteiger charge is -2.13. The van der Waals surface area contributed by atoms with Gasteiger partial charge in [0.1, 0.15) is 5.82 Å². The first kappa shape index (κ1) is 19.4. The van der Waals surface area contributed by atoms with Gasteiger partial charge < -0.3 is 10.3 Å². The molecule has 2 nitrogen and oxygen atoms in total. The molecule has 0 bridgehead atoms. The third kappa shape index (κ3) is 4.30. The Morgan fingerprint density at radius 3 is 2.56 bits per heavy atom. The number of hydrogen-bond acceptors (Lipinski definition) is 1. The van der Waals surface area contributed by atoms with Crippen LogP contribution in [-0.2, 0) is 6.42 Å². The molecule has 0 saturated heterocycles. The summed E-state index contributed by atoms with van der Waals surface area (Å²) in [4.78, 5) is 3.62. The second-order valence-electron chi connectivity index (χ2n) is 7.42. The fraction of sp³-hybridized carbons (Fsp3) is 0.333. The molecular formula is C24H29FN2. The second-order valence-corrected chi connectivity index (χ2v) is 7.42. The van der Waals surface area contributed by atoms with Crippen LogP contribution in [0.4, 0.5) is 4.39 Å². The summed E-state index contributed by atoms with van der Waals surface area (Å²) < 4.78 is 13.4. The van der Waals surface area contributed by atoms with Crippen molar-refractivity contribution in [2.24, 2.45) is 5.92 Å². The zero-order chi connectivity index (χ0) is 19.4. The number of H-pyrrole nitrogens is 1. The lowest BCUT2D eigenvalue weighted by Crippen LogP contribution is -2.12. The van der Waals surface area contributed by atoms with Crippen LogP contribution in [0.5, 0.6) is 0 Å². The highest BCUT2D eigenvalue weighted by molar-refractivity contribution is 5.93. The van der Waals surface area contributed by atoms with Crippen LogP contribution in [0.1, 0.15) is 29.5 Å². The van der Waals surface area contributed by atoms with Gasteiger partial charge in [0, 0.05) is 16.6 Å². The maximum atomic E-state index is 13.4. The Hall–Kier alpha value is -2.39. The quantitative estimate of drug-likeness (QED) is 0.476. The number of aromatic nitrogens is 1. The summed E-state index contributed by atoms with van der Waals surface area (Å²) in [5.41, 5.74) is 7.15. The zero-order valence-corrected chi connectivity index (χ0v) is 16.5. The molecule has 1 heterocycles. The molecule has 1 unspecified atom stereocenters. The first-order chi connectivity index (χ1) is 13.0. The molecule has 0 fully saturated rings. The van der Waals surface area contributed by atoms with Crippen LogP contribution in [0.25, 0.3) is 22.2 Å². The minimum absolute atomic E-state index is 0.206. The van der Waals surface area contributed by atoms with Crippen molar-refractivity contribution in [3.8, 4) is 11.3 Å². The highest BCUT2D eigenvalue weighted by Crippen LogP contribution is 2.34. The van der Waals surface area contributed by atoms with Gasteiger partial charge in [-0.25, -0.2) is 4.39 Å². The molecule has 1 atom stereocenters. The van der Waals surface area contributed by atoms with Gasteiger partial charge in [0.15, 0.2) is 0 Å². The summed E-state index contributed by atoms with van der Waals surface area (Å²) in [5, 5.41) is 4.50. The van der Waals surface area contributed by atoms with E-state index in [4.69, 9.17) is 0 Å². The van der Waals surface area contributed by atoms with Gasteiger partial charge in [0.2, 0.25) is 0 Å². The Kier molecular flexibility index (Phi) is 6.12. The number of hydrogen-bond donors (Lipinski definition) is 2. The third-order valence-electron chi connectivity index (χ3n) is 5.35. The Morgan fingerprint density at radius 2 is 1.89 bits per heavy atom. The van der Waals surface area contributed by atoms with Gasteiger partial charge in [-0.15, -0.1) is 6.58 Å². The topological polar surface area (TPSA) is 27.8 Å². The van der Waals surface area contributed by atoms with Crippen LogP contribution in [0, 0.1) is 25.6 Å². The third-order valence-corrected chi connectivity index (χ3v) is 5.35. The van der Waals surface area contributed by atoms with E-state index in [-0.39, 0.29) is 5.82 Å². The lowest BCUT2D eigenvalue weighted by molar-refractivity contribution is 0.531. The predicted molar refractivity (Wildman–Crippen MR) is 114 cm³/mol. The maximum Gasteiger partial charge on any atom is 0.123 e. The summed E-state index contributed by atoms with van der Waals surface area (Å²) in [6.07, 6.45) is 5.18. The fourth-order valence-corrected chi connectivity index (χ4v) is 3.87. The average molecular weight is 365 g/mol. The Balaban J connectivity index is 2.03. The van der Waals surface area contributed by atoms with Crippen molar-refractivity contribution in [2.45, 2.75) is 33.1 Å². The first-order valence-corrected chi connectivity index (χ1v) is 9.68. The summed E-state index contributed by atoms with van der Waals surface area (Å²) in [6, 6.07) is 11.2.